The maximum atomic E-state index is 5.48. The van der Waals surface area contributed by atoms with Crippen molar-refractivity contribution in [3.63, 3.8) is 0 Å². The Morgan fingerprint density at radius 1 is 1.47 bits per heavy atom. The van der Waals surface area contributed by atoms with E-state index < -0.39 is 0 Å². The van der Waals surface area contributed by atoms with E-state index in [1.165, 1.54) is 17.7 Å². The molecule has 2 heterocycles. The lowest BCUT2D eigenvalue weighted by atomic mass is 10.0. The lowest BCUT2D eigenvalue weighted by Crippen LogP contribution is -2.31. The predicted molar refractivity (Wildman–Crippen MR) is 75.5 cm³/mol. The van der Waals surface area contributed by atoms with Crippen LogP contribution in [0.3, 0.4) is 0 Å². The quantitative estimate of drug-likeness (QED) is 0.913. The van der Waals surface area contributed by atoms with Crippen molar-refractivity contribution in [3.05, 3.63) is 34.1 Å². The Morgan fingerprint density at radius 2 is 2.42 bits per heavy atom. The lowest BCUT2D eigenvalue weighted by Gasteiger charge is -2.16. The van der Waals surface area contributed by atoms with E-state index in [-0.39, 0.29) is 0 Å². The van der Waals surface area contributed by atoms with Crippen LogP contribution in [0.1, 0.15) is 48.7 Å². The molecule has 102 valence electrons. The molecule has 2 aromatic rings. The molecule has 0 radical (unpaired) electrons. The normalized spacial score (nSPS) is 23.0. The second-order valence-electron chi connectivity index (χ2n) is 5.01. The Morgan fingerprint density at radius 3 is 3.21 bits per heavy atom. The summed E-state index contributed by atoms with van der Waals surface area (Å²) in [5.74, 6) is 2.01. The van der Waals surface area contributed by atoms with Crippen LogP contribution in [0, 0.1) is 0 Å². The van der Waals surface area contributed by atoms with E-state index >= 15 is 0 Å². The summed E-state index contributed by atoms with van der Waals surface area (Å²) in [5.41, 5.74) is 0. The Kier molecular flexibility index (Phi) is 3.94. The highest BCUT2D eigenvalue weighted by atomic mass is 32.1. The number of nitrogens with zero attached hydrogens (tertiary/aromatic N) is 2. The number of aromatic nitrogens is 2. The summed E-state index contributed by atoms with van der Waals surface area (Å²) in [5, 5.41) is 9.72. The van der Waals surface area contributed by atoms with E-state index in [4.69, 9.17) is 4.52 Å². The highest BCUT2D eigenvalue weighted by molar-refractivity contribution is 7.09. The summed E-state index contributed by atoms with van der Waals surface area (Å²) in [6, 6.07) is 4.66. The zero-order chi connectivity index (χ0) is 13.1. The van der Waals surface area contributed by atoms with Crippen molar-refractivity contribution in [2.24, 2.45) is 0 Å². The number of hydrogen-bond acceptors (Lipinski definition) is 5. The van der Waals surface area contributed by atoms with Gasteiger partial charge in [-0.05, 0) is 30.8 Å². The molecule has 5 heteroatoms. The van der Waals surface area contributed by atoms with Crippen LogP contribution in [-0.2, 0) is 6.42 Å². The molecule has 1 saturated carbocycles. The third-order valence-electron chi connectivity index (χ3n) is 3.70. The summed E-state index contributed by atoms with van der Waals surface area (Å²) >= 11 is 1.73. The van der Waals surface area contributed by atoms with Gasteiger partial charge in [-0.25, -0.2) is 0 Å². The van der Waals surface area contributed by atoms with Gasteiger partial charge < -0.3 is 9.84 Å². The Hall–Kier alpha value is -1.20. The third-order valence-corrected chi connectivity index (χ3v) is 4.57. The van der Waals surface area contributed by atoms with Gasteiger partial charge in [0.05, 0.1) is 5.92 Å². The first-order chi connectivity index (χ1) is 9.36. The molecule has 19 heavy (non-hydrogen) atoms. The Labute approximate surface area is 117 Å². The maximum Gasteiger partial charge on any atom is 0.231 e. The van der Waals surface area contributed by atoms with Gasteiger partial charge in [-0.2, -0.15) is 4.98 Å². The summed E-state index contributed by atoms with van der Waals surface area (Å²) < 4.78 is 5.48. The molecule has 0 spiro atoms. The smallest absolute Gasteiger partial charge is 0.231 e. The fourth-order valence-electron chi connectivity index (χ4n) is 2.82. The first kappa shape index (κ1) is 12.8. The minimum atomic E-state index is 0.393. The number of nitrogens with one attached hydrogen (secondary N) is 1. The van der Waals surface area contributed by atoms with E-state index in [2.05, 4.69) is 39.9 Å². The number of rotatable bonds is 5. The molecule has 2 atom stereocenters. The first-order valence-electron chi connectivity index (χ1n) is 6.95. The molecular weight excluding hydrogens is 258 g/mol. The summed E-state index contributed by atoms with van der Waals surface area (Å²) in [4.78, 5) is 5.87. The molecule has 1 fully saturated rings. The van der Waals surface area contributed by atoms with Crippen LogP contribution in [0.2, 0.25) is 0 Å². The van der Waals surface area contributed by atoms with Crippen molar-refractivity contribution >= 4 is 11.3 Å². The van der Waals surface area contributed by atoms with E-state index in [1.54, 1.807) is 11.3 Å². The van der Waals surface area contributed by atoms with Crippen molar-refractivity contribution in [1.29, 1.82) is 0 Å². The summed E-state index contributed by atoms with van der Waals surface area (Å²) in [6.07, 6.45) is 4.38. The van der Waals surface area contributed by atoms with Gasteiger partial charge in [-0.15, -0.1) is 11.3 Å². The van der Waals surface area contributed by atoms with Crippen LogP contribution in [0.25, 0.3) is 0 Å². The first-order valence-corrected chi connectivity index (χ1v) is 7.83. The largest absolute Gasteiger partial charge is 0.339 e. The average molecular weight is 277 g/mol. The topological polar surface area (TPSA) is 51.0 Å². The molecule has 0 amide bonds. The molecule has 1 aliphatic carbocycles. The lowest BCUT2D eigenvalue weighted by molar-refractivity contribution is 0.329. The SMILES string of the molecule is CCNC1CCCC1c1nc(Cc2cccs2)no1. The van der Waals surface area contributed by atoms with Crippen LogP contribution in [-0.4, -0.2) is 22.7 Å². The van der Waals surface area contributed by atoms with Gasteiger partial charge in [0.15, 0.2) is 5.82 Å². The Balaban J connectivity index is 1.70. The number of thiophene rings is 1. The van der Waals surface area contributed by atoms with Crippen molar-refractivity contribution < 1.29 is 4.52 Å². The van der Waals surface area contributed by atoms with Gasteiger partial charge in [0.2, 0.25) is 5.89 Å². The highest BCUT2D eigenvalue weighted by Gasteiger charge is 2.32. The van der Waals surface area contributed by atoms with E-state index in [0.717, 1.165) is 31.1 Å². The van der Waals surface area contributed by atoms with Gasteiger partial charge in [0, 0.05) is 17.3 Å². The van der Waals surface area contributed by atoms with Gasteiger partial charge in [-0.3, -0.25) is 0 Å². The van der Waals surface area contributed by atoms with Gasteiger partial charge in [-0.1, -0.05) is 24.6 Å². The molecule has 0 aromatic carbocycles. The molecule has 2 unspecified atom stereocenters. The monoisotopic (exact) mass is 277 g/mol. The predicted octanol–water partition coefficient (Wildman–Crippen LogP) is 2.97. The van der Waals surface area contributed by atoms with Crippen molar-refractivity contribution in [2.75, 3.05) is 6.54 Å². The Bertz CT molecular complexity index is 509. The minimum Gasteiger partial charge on any atom is -0.339 e. The molecule has 1 aliphatic rings. The maximum absolute atomic E-state index is 5.48. The minimum absolute atomic E-state index is 0.393. The van der Waals surface area contributed by atoms with Gasteiger partial charge in [0.1, 0.15) is 0 Å². The van der Waals surface area contributed by atoms with Crippen molar-refractivity contribution in [3.8, 4) is 0 Å². The molecule has 3 rings (SSSR count). The molecule has 1 N–H and O–H groups in total. The second kappa shape index (κ2) is 5.84. The third kappa shape index (κ3) is 2.87. The van der Waals surface area contributed by atoms with Crippen molar-refractivity contribution in [2.45, 2.75) is 44.6 Å². The summed E-state index contributed by atoms with van der Waals surface area (Å²) in [6.45, 7) is 3.14. The van der Waals surface area contributed by atoms with Crippen LogP contribution < -0.4 is 5.32 Å². The van der Waals surface area contributed by atoms with Gasteiger partial charge >= 0.3 is 0 Å². The van der Waals surface area contributed by atoms with E-state index in [0.29, 0.717) is 12.0 Å². The number of likely N-dealkylation sites (N-methyl/N-ethyl adjacent to an activating group) is 1. The molecule has 4 nitrogen and oxygen atoms in total. The average Bonchev–Trinajstić information content (AvgIpc) is 3.11. The standard InChI is InChI=1S/C14H19N3OS/c1-2-15-12-7-3-6-11(12)14-16-13(17-18-14)9-10-5-4-8-19-10/h4-5,8,11-12,15H,2-3,6-7,9H2,1H3. The summed E-state index contributed by atoms with van der Waals surface area (Å²) in [7, 11) is 0. The van der Waals surface area contributed by atoms with Crippen LogP contribution in [0.4, 0.5) is 0 Å². The van der Waals surface area contributed by atoms with Crippen molar-refractivity contribution in [1.82, 2.24) is 15.5 Å². The van der Waals surface area contributed by atoms with Crippen LogP contribution >= 0.6 is 11.3 Å². The molecular formula is C14H19N3OS. The molecule has 0 bridgehead atoms. The zero-order valence-corrected chi connectivity index (χ0v) is 11.9. The zero-order valence-electron chi connectivity index (χ0n) is 11.1. The highest BCUT2D eigenvalue weighted by Crippen LogP contribution is 2.33. The molecule has 2 aromatic heterocycles. The fourth-order valence-corrected chi connectivity index (χ4v) is 3.52. The van der Waals surface area contributed by atoms with Crippen LogP contribution in [0.5, 0.6) is 0 Å². The van der Waals surface area contributed by atoms with Crippen LogP contribution in [0.15, 0.2) is 22.0 Å². The molecule has 0 aliphatic heterocycles. The van der Waals surface area contributed by atoms with E-state index in [9.17, 15) is 0 Å². The van der Waals surface area contributed by atoms with E-state index in [1.807, 2.05) is 0 Å². The second-order valence-corrected chi connectivity index (χ2v) is 6.04. The van der Waals surface area contributed by atoms with Gasteiger partial charge in [0.25, 0.3) is 0 Å². The molecule has 0 saturated heterocycles. The fraction of sp³-hybridized carbons (Fsp3) is 0.571. The number of hydrogen-bond donors (Lipinski definition) is 1.